The fraction of sp³-hybridized carbons (Fsp3) is 0.333. The quantitative estimate of drug-likeness (QED) is 0.615. The molecule has 0 N–H and O–H groups in total. The summed E-state index contributed by atoms with van der Waals surface area (Å²) in [7, 11) is 0. The average molecular weight is 173 g/mol. The summed E-state index contributed by atoms with van der Waals surface area (Å²) in [5.41, 5.74) is 1.51. The van der Waals surface area contributed by atoms with Crippen molar-refractivity contribution in [1.29, 1.82) is 0 Å². The van der Waals surface area contributed by atoms with Crippen molar-refractivity contribution in [1.82, 2.24) is 4.57 Å². The summed E-state index contributed by atoms with van der Waals surface area (Å²) >= 11 is 0. The van der Waals surface area contributed by atoms with E-state index in [9.17, 15) is 0 Å². The van der Waals surface area contributed by atoms with Gasteiger partial charge in [-0.2, -0.15) is 0 Å². The van der Waals surface area contributed by atoms with Gasteiger partial charge in [-0.05, 0) is 32.4 Å². The highest BCUT2D eigenvalue weighted by molar-refractivity contribution is 5.26. The molecular formula is C12H15N. The van der Waals surface area contributed by atoms with Crippen molar-refractivity contribution in [3.8, 4) is 0 Å². The third-order valence-corrected chi connectivity index (χ3v) is 2.74. The zero-order chi connectivity index (χ0) is 9.31. The van der Waals surface area contributed by atoms with Crippen LogP contribution < -0.4 is 0 Å². The van der Waals surface area contributed by atoms with E-state index in [0.717, 1.165) is 6.42 Å². The number of rotatable bonds is 1. The molecule has 1 aromatic rings. The lowest BCUT2D eigenvalue weighted by atomic mass is 9.91. The molecule has 1 aliphatic rings. The van der Waals surface area contributed by atoms with Gasteiger partial charge in [0.1, 0.15) is 0 Å². The van der Waals surface area contributed by atoms with E-state index < -0.39 is 0 Å². The summed E-state index contributed by atoms with van der Waals surface area (Å²) in [6.45, 7) is 4.40. The predicted molar refractivity (Wildman–Crippen MR) is 55.6 cm³/mol. The van der Waals surface area contributed by atoms with Crippen LogP contribution in [0.3, 0.4) is 0 Å². The Kier molecular flexibility index (Phi) is 1.87. The van der Waals surface area contributed by atoms with Crippen LogP contribution in [0.25, 0.3) is 0 Å². The van der Waals surface area contributed by atoms with Gasteiger partial charge in [-0.15, -0.1) is 0 Å². The first-order chi connectivity index (χ1) is 6.21. The first-order valence-corrected chi connectivity index (χ1v) is 4.70. The number of aromatic nitrogens is 1. The van der Waals surface area contributed by atoms with Gasteiger partial charge in [-0.1, -0.05) is 23.8 Å². The molecule has 1 aliphatic carbocycles. The fourth-order valence-corrected chi connectivity index (χ4v) is 1.68. The first kappa shape index (κ1) is 8.36. The Hall–Kier alpha value is -1.24. The summed E-state index contributed by atoms with van der Waals surface area (Å²) in [5.74, 6) is 0. The van der Waals surface area contributed by atoms with Crippen molar-refractivity contribution in [3.63, 3.8) is 0 Å². The maximum atomic E-state index is 2.29. The number of allylic oxidation sites excluding steroid dienone is 4. The molecule has 1 unspecified atom stereocenters. The minimum absolute atomic E-state index is 0.142. The number of hydrogen-bond donors (Lipinski definition) is 0. The average Bonchev–Trinajstić information content (AvgIpc) is 2.63. The highest BCUT2D eigenvalue weighted by Crippen LogP contribution is 2.27. The van der Waals surface area contributed by atoms with E-state index in [-0.39, 0.29) is 5.54 Å². The topological polar surface area (TPSA) is 4.93 Å². The lowest BCUT2D eigenvalue weighted by molar-refractivity contribution is 0.411. The molecular weight excluding hydrogens is 158 g/mol. The highest BCUT2D eigenvalue weighted by Gasteiger charge is 2.22. The van der Waals surface area contributed by atoms with Crippen molar-refractivity contribution in [3.05, 3.63) is 48.3 Å². The molecule has 1 atom stereocenters. The van der Waals surface area contributed by atoms with E-state index in [0.29, 0.717) is 0 Å². The molecule has 0 fully saturated rings. The molecule has 0 aromatic carbocycles. The van der Waals surface area contributed by atoms with Gasteiger partial charge in [0, 0.05) is 12.4 Å². The molecule has 1 heterocycles. The van der Waals surface area contributed by atoms with Crippen LogP contribution in [0.2, 0.25) is 0 Å². The SMILES string of the molecule is CC1=CCC(C)(n2cccc2)C=C1. The minimum atomic E-state index is 0.142. The second-order valence-corrected chi connectivity index (χ2v) is 3.93. The van der Waals surface area contributed by atoms with Crippen LogP contribution in [0.4, 0.5) is 0 Å². The van der Waals surface area contributed by atoms with Crippen LogP contribution in [0, 0.1) is 0 Å². The molecule has 13 heavy (non-hydrogen) atoms. The van der Waals surface area contributed by atoms with Gasteiger partial charge in [0.25, 0.3) is 0 Å². The van der Waals surface area contributed by atoms with Gasteiger partial charge in [-0.25, -0.2) is 0 Å². The molecule has 1 heteroatoms. The van der Waals surface area contributed by atoms with Gasteiger partial charge >= 0.3 is 0 Å². The molecule has 0 bridgehead atoms. The number of hydrogen-bond acceptors (Lipinski definition) is 0. The molecule has 1 nitrogen and oxygen atoms in total. The van der Waals surface area contributed by atoms with Gasteiger partial charge in [0.2, 0.25) is 0 Å². The third-order valence-electron chi connectivity index (χ3n) is 2.74. The van der Waals surface area contributed by atoms with Crippen LogP contribution in [0.5, 0.6) is 0 Å². The molecule has 0 saturated carbocycles. The van der Waals surface area contributed by atoms with Gasteiger partial charge in [-0.3, -0.25) is 0 Å². The fourth-order valence-electron chi connectivity index (χ4n) is 1.68. The monoisotopic (exact) mass is 173 g/mol. The summed E-state index contributed by atoms with van der Waals surface area (Å²) in [5, 5.41) is 0. The van der Waals surface area contributed by atoms with E-state index >= 15 is 0 Å². The Labute approximate surface area is 79.4 Å². The van der Waals surface area contributed by atoms with Crippen molar-refractivity contribution in [2.24, 2.45) is 0 Å². The highest BCUT2D eigenvalue weighted by atomic mass is 15.0. The summed E-state index contributed by atoms with van der Waals surface area (Å²) in [4.78, 5) is 0. The van der Waals surface area contributed by atoms with E-state index in [1.807, 2.05) is 0 Å². The predicted octanol–water partition coefficient (Wildman–Crippen LogP) is 3.11. The van der Waals surface area contributed by atoms with Gasteiger partial charge in [0.15, 0.2) is 0 Å². The zero-order valence-electron chi connectivity index (χ0n) is 8.20. The van der Waals surface area contributed by atoms with Crippen molar-refractivity contribution in [2.75, 3.05) is 0 Å². The molecule has 0 amide bonds. The lowest BCUT2D eigenvalue weighted by Gasteiger charge is -2.29. The van der Waals surface area contributed by atoms with Crippen LogP contribution in [-0.4, -0.2) is 4.57 Å². The minimum Gasteiger partial charge on any atom is -0.345 e. The molecule has 0 radical (unpaired) electrons. The Morgan fingerprint density at radius 1 is 1.31 bits per heavy atom. The van der Waals surface area contributed by atoms with Gasteiger partial charge in [0.05, 0.1) is 5.54 Å². The summed E-state index contributed by atoms with van der Waals surface area (Å²) in [6, 6.07) is 4.15. The van der Waals surface area contributed by atoms with E-state index in [4.69, 9.17) is 0 Å². The van der Waals surface area contributed by atoms with E-state index in [1.54, 1.807) is 0 Å². The Balaban J connectivity index is 2.30. The molecule has 0 saturated heterocycles. The zero-order valence-corrected chi connectivity index (χ0v) is 8.20. The molecule has 2 rings (SSSR count). The smallest absolute Gasteiger partial charge is 0.0631 e. The van der Waals surface area contributed by atoms with Crippen molar-refractivity contribution >= 4 is 0 Å². The normalized spacial score (nSPS) is 27.4. The van der Waals surface area contributed by atoms with Crippen molar-refractivity contribution < 1.29 is 0 Å². The van der Waals surface area contributed by atoms with Crippen LogP contribution in [-0.2, 0) is 5.54 Å². The van der Waals surface area contributed by atoms with E-state index in [1.165, 1.54) is 5.57 Å². The van der Waals surface area contributed by atoms with Crippen LogP contribution in [0.15, 0.2) is 48.3 Å². The second kappa shape index (κ2) is 2.91. The maximum Gasteiger partial charge on any atom is 0.0631 e. The second-order valence-electron chi connectivity index (χ2n) is 3.93. The van der Waals surface area contributed by atoms with E-state index in [2.05, 4.69) is 61.2 Å². The molecule has 0 spiro atoms. The van der Waals surface area contributed by atoms with Crippen LogP contribution >= 0.6 is 0 Å². The maximum absolute atomic E-state index is 2.29. The Morgan fingerprint density at radius 2 is 2.00 bits per heavy atom. The number of nitrogens with zero attached hydrogens (tertiary/aromatic N) is 1. The molecule has 0 aliphatic heterocycles. The largest absolute Gasteiger partial charge is 0.345 e. The lowest BCUT2D eigenvalue weighted by Crippen LogP contribution is -2.27. The standard InChI is InChI=1S/C12H15N/c1-11-5-7-12(2,8-6-11)13-9-3-4-10-13/h3-7,9-10H,8H2,1-2H3. The van der Waals surface area contributed by atoms with Gasteiger partial charge < -0.3 is 4.57 Å². The Bertz CT molecular complexity index is 343. The Morgan fingerprint density at radius 3 is 2.54 bits per heavy atom. The first-order valence-electron chi connectivity index (χ1n) is 4.70. The van der Waals surface area contributed by atoms with Crippen molar-refractivity contribution in [2.45, 2.75) is 25.8 Å². The molecule has 1 aromatic heterocycles. The van der Waals surface area contributed by atoms with Crippen LogP contribution in [0.1, 0.15) is 20.3 Å². The summed E-state index contributed by atoms with van der Waals surface area (Å²) in [6.07, 6.45) is 12.1. The summed E-state index contributed by atoms with van der Waals surface area (Å²) < 4.78 is 2.26. The molecule has 68 valence electrons. The third kappa shape index (κ3) is 1.46.